The number of piperidine rings is 1. The zero-order chi connectivity index (χ0) is 17.3. The third-order valence-corrected chi connectivity index (χ3v) is 5.02. The molecule has 130 valence electrons. The van der Waals surface area contributed by atoms with E-state index in [0.717, 1.165) is 54.3 Å². The highest BCUT2D eigenvalue weighted by Gasteiger charge is 2.26. The Labute approximate surface area is 144 Å². The number of aryl methyl sites for hydroxylation is 2. The van der Waals surface area contributed by atoms with Crippen LogP contribution in [-0.4, -0.2) is 41.3 Å². The lowest BCUT2D eigenvalue weighted by atomic mass is 9.96. The van der Waals surface area contributed by atoms with E-state index in [1.54, 1.807) is 7.11 Å². The molecule has 1 aromatic carbocycles. The molecule has 1 aliphatic rings. The molecule has 1 fully saturated rings. The second kappa shape index (κ2) is 6.93. The molecule has 0 aliphatic carbocycles. The van der Waals surface area contributed by atoms with Crippen molar-refractivity contribution >= 4 is 0 Å². The second-order valence-corrected chi connectivity index (χ2v) is 6.99. The molecule has 5 nitrogen and oxygen atoms in total. The van der Waals surface area contributed by atoms with Crippen molar-refractivity contribution in [3.8, 4) is 17.2 Å². The van der Waals surface area contributed by atoms with Crippen LogP contribution in [0.3, 0.4) is 0 Å². The van der Waals surface area contributed by atoms with E-state index in [-0.39, 0.29) is 0 Å². The molecule has 1 aliphatic heterocycles. The molecule has 0 radical (unpaired) electrons. The summed E-state index contributed by atoms with van der Waals surface area (Å²) in [5.74, 6) is 2.58. The van der Waals surface area contributed by atoms with E-state index in [1.807, 2.05) is 13.0 Å². The molecule has 0 bridgehead atoms. The molecule has 0 atom stereocenters. The number of benzene rings is 1. The van der Waals surface area contributed by atoms with E-state index in [4.69, 9.17) is 9.15 Å². The lowest BCUT2D eigenvalue weighted by molar-refractivity contribution is 0.163. The van der Waals surface area contributed by atoms with E-state index in [0.29, 0.717) is 17.9 Å². The van der Waals surface area contributed by atoms with Gasteiger partial charge in [0.2, 0.25) is 11.8 Å². The van der Waals surface area contributed by atoms with Crippen LogP contribution in [0, 0.1) is 13.8 Å². The van der Waals surface area contributed by atoms with Crippen molar-refractivity contribution < 1.29 is 9.15 Å². The van der Waals surface area contributed by atoms with Crippen LogP contribution in [-0.2, 0) is 0 Å². The van der Waals surface area contributed by atoms with E-state index in [2.05, 4.69) is 41.9 Å². The van der Waals surface area contributed by atoms with Crippen molar-refractivity contribution in [3.63, 3.8) is 0 Å². The summed E-state index contributed by atoms with van der Waals surface area (Å²) in [6.45, 7) is 10.8. The highest BCUT2D eigenvalue weighted by Crippen LogP contribution is 2.33. The van der Waals surface area contributed by atoms with Crippen molar-refractivity contribution in [3.05, 3.63) is 29.2 Å². The van der Waals surface area contributed by atoms with Gasteiger partial charge in [-0.1, -0.05) is 6.07 Å². The van der Waals surface area contributed by atoms with Gasteiger partial charge in [-0.25, -0.2) is 0 Å². The van der Waals surface area contributed by atoms with Gasteiger partial charge in [-0.2, -0.15) is 0 Å². The fraction of sp³-hybridized carbons (Fsp3) is 0.579. The van der Waals surface area contributed by atoms with Crippen LogP contribution in [0.25, 0.3) is 11.5 Å². The molecule has 1 saturated heterocycles. The summed E-state index contributed by atoms with van der Waals surface area (Å²) in [6.07, 6.45) is 2.16. The molecule has 0 amide bonds. The van der Waals surface area contributed by atoms with Gasteiger partial charge in [-0.15, -0.1) is 10.2 Å². The van der Waals surface area contributed by atoms with Crippen LogP contribution in [0.15, 0.2) is 16.5 Å². The highest BCUT2D eigenvalue weighted by molar-refractivity contribution is 5.62. The number of rotatable bonds is 4. The van der Waals surface area contributed by atoms with Gasteiger partial charge >= 0.3 is 0 Å². The Morgan fingerprint density at radius 2 is 1.83 bits per heavy atom. The molecule has 2 aromatic rings. The van der Waals surface area contributed by atoms with Gasteiger partial charge in [0.1, 0.15) is 5.75 Å². The van der Waals surface area contributed by atoms with Crippen molar-refractivity contribution in [1.82, 2.24) is 15.1 Å². The predicted molar refractivity (Wildman–Crippen MR) is 94.4 cm³/mol. The molecule has 24 heavy (non-hydrogen) atoms. The van der Waals surface area contributed by atoms with Gasteiger partial charge in [-0.05, 0) is 70.8 Å². The smallest absolute Gasteiger partial charge is 0.248 e. The average molecular weight is 329 g/mol. The van der Waals surface area contributed by atoms with Crippen LogP contribution < -0.4 is 4.74 Å². The first kappa shape index (κ1) is 17.0. The average Bonchev–Trinajstić information content (AvgIpc) is 3.05. The summed E-state index contributed by atoms with van der Waals surface area (Å²) in [4.78, 5) is 2.50. The van der Waals surface area contributed by atoms with Crippen molar-refractivity contribution in [2.24, 2.45) is 0 Å². The molecule has 0 N–H and O–H groups in total. The van der Waals surface area contributed by atoms with Crippen LogP contribution in [0.4, 0.5) is 0 Å². The molecule has 5 heteroatoms. The van der Waals surface area contributed by atoms with Gasteiger partial charge in [0.25, 0.3) is 0 Å². The molecule has 3 rings (SSSR count). The van der Waals surface area contributed by atoms with E-state index < -0.39 is 0 Å². The van der Waals surface area contributed by atoms with Crippen LogP contribution in [0.1, 0.15) is 49.6 Å². The number of nitrogens with zero attached hydrogens (tertiary/aromatic N) is 3. The normalized spacial score (nSPS) is 16.8. The van der Waals surface area contributed by atoms with Gasteiger partial charge in [0.05, 0.1) is 7.11 Å². The third-order valence-electron chi connectivity index (χ3n) is 5.02. The molecule has 1 aromatic heterocycles. The lowest BCUT2D eigenvalue weighted by Crippen LogP contribution is -2.37. The Morgan fingerprint density at radius 3 is 2.46 bits per heavy atom. The maximum absolute atomic E-state index is 6.03. The van der Waals surface area contributed by atoms with Crippen LogP contribution in [0.2, 0.25) is 0 Å². The molecular formula is C19H27N3O2. The number of methoxy groups -OCH3 is 1. The summed E-state index contributed by atoms with van der Waals surface area (Å²) in [6, 6.07) is 4.69. The third kappa shape index (κ3) is 3.31. The number of hydrogen-bond acceptors (Lipinski definition) is 5. The largest absolute Gasteiger partial charge is 0.496 e. The Morgan fingerprint density at radius 1 is 1.12 bits per heavy atom. The lowest BCUT2D eigenvalue weighted by Gasteiger charge is -2.33. The second-order valence-electron chi connectivity index (χ2n) is 6.99. The Bertz CT molecular complexity index is 701. The standard InChI is InChI=1S/C19H27N3O2/c1-12(2)22-8-6-15(7-9-22)18-20-21-19(24-18)16-11-17(23-5)14(4)10-13(16)3/h10-12,15H,6-9H2,1-5H3. The fourth-order valence-corrected chi connectivity index (χ4v) is 3.45. The van der Waals surface area contributed by atoms with E-state index >= 15 is 0 Å². The number of ether oxygens (including phenoxy) is 1. The summed E-state index contributed by atoms with van der Waals surface area (Å²) in [5, 5.41) is 8.63. The highest BCUT2D eigenvalue weighted by atomic mass is 16.5. The first-order chi connectivity index (χ1) is 11.5. The van der Waals surface area contributed by atoms with Crippen LogP contribution in [0.5, 0.6) is 5.75 Å². The van der Waals surface area contributed by atoms with Crippen LogP contribution >= 0.6 is 0 Å². The minimum absolute atomic E-state index is 0.369. The maximum atomic E-state index is 6.03. The van der Waals surface area contributed by atoms with E-state index in [1.165, 1.54) is 0 Å². The number of aromatic nitrogens is 2. The van der Waals surface area contributed by atoms with Gasteiger partial charge in [0, 0.05) is 17.5 Å². The van der Waals surface area contributed by atoms with Gasteiger partial charge in [-0.3, -0.25) is 0 Å². The zero-order valence-corrected chi connectivity index (χ0v) is 15.3. The minimum Gasteiger partial charge on any atom is -0.496 e. The van der Waals surface area contributed by atoms with Crippen molar-refractivity contribution in [2.45, 2.75) is 52.5 Å². The summed E-state index contributed by atoms with van der Waals surface area (Å²) >= 11 is 0. The van der Waals surface area contributed by atoms with Gasteiger partial charge < -0.3 is 14.1 Å². The maximum Gasteiger partial charge on any atom is 0.248 e. The Balaban J connectivity index is 1.79. The van der Waals surface area contributed by atoms with E-state index in [9.17, 15) is 0 Å². The predicted octanol–water partition coefficient (Wildman–Crippen LogP) is 3.95. The molecular weight excluding hydrogens is 302 g/mol. The molecule has 2 heterocycles. The van der Waals surface area contributed by atoms with Crippen molar-refractivity contribution in [2.75, 3.05) is 20.2 Å². The Kier molecular flexibility index (Phi) is 4.90. The number of hydrogen-bond donors (Lipinski definition) is 0. The SMILES string of the molecule is COc1cc(-c2nnc(C3CCN(C(C)C)CC3)o2)c(C)cc1C. The quantitative estimate of drug-likeness (QED) is 0.850. The fourth-order valence-electron chi connectivity index (χ4n) is 3.45. The molecule has 0 spiro atoms. The minimum atomic E-state index is 0.369. The Hall–Kier alpha value is -1.88. The number of likely N-dealkylation sites (tertiary alicyclic amines) is 1. The molecule has 0 unspecified atom stereocenters. The topological polar surface area (TPSA) is 51.4 Å². The molecule has 0 saturated carbocycles. The summed E-state index contributed by atoms with van der Waals surface area (Å²) in [7, 11) is 1.68. The first-order valence-corrected chi connectivity index (χ1v) is 8.72. The summed E-state index contributed by atoms with van der Waals surface area (Å²) < 4.78 is 11.5. The summed E-state index contributed by atoms with van der Waals surface area (Å²) in [5.41, 5.74) is 3.19. The zero-order valence-electron chi connectivity index (χ0n) is 15.3. The monoisotopic (exact) mass is 329 g/mol. The van der Waals surface area contributed by atoms with Gasteiger partial charge in [0.15, 0.2) is 0 Å². The van der Waals surface area contributed by atoms with Crippen molar-refractivity contribution in [1.29, 1.82) is 0 Å². The first-order valence-electron chi connectivity index (χ1n) is 8.72.